The third kappa shape index (κ3) is 3.18. The second kappa shape index (κ2) is 6.72. The molecule has 0 bridgehead atoms. The van der Waals surface area contributed by atoms with Crippen LogP contribution in [0.25, 0.3) is 17.4 Å². The van der Waals surface area contributed by atoms with Gasteiger partial charge in [0.05, 0.1) is 15.4 Å². The molecule has 134 valence electrons. The van der Waals surface area contributed by atoms with E-state index in [0.717, 1.165) is 4.90 Å². The van der Waals surface area contributed by atoms with Crippen LogP contribution in [0.3, 0.4) is 0 Å². The molecule has 0 atom stereocenters. The SMILES string of the molecule is Cc1cc([N+](=O)[O-])c(-c2ccc(/C=C3\Sc4ccccc4C3=O)o2)cc1Cl. The van der Waals surface area contributed by atoms with Crippen molar-refractivity contribution in [3.05, 3.63) is 85.5 Å². The van der Waals surface area contributed by atoms with Crippen LogP contribution in [-0.4, -0.2) is 10.7 Å². The van der Waals surface area contributed by atoms with E-state index in [1.807, 2.05) is 18.2 Å². The Labute approximate surface area is 163 Å². The van der Waals surface area contributed by atoms with E-state index in [1.165, 1.54) is 23.9 Å². The standard InChI is InChI=1S/C20H12ClNO4S/c1-11-8-16(22(24)25)14(10-15(11)21)17-7-6-12(26-17)9-19-20(23)13-4-2-3-5-18(13)27-19/h2-10H,1H3/b19-9-. The van der Waals surface area contributed by atoms with E-state index in [1.54, 1.807) is 31.2 Å². The van der Waals surface area contributed by atoms with Gasteiger partial charge in [-0.2, -0.15) is 0 Å². The molecule has 4 rings (SSSR count). The number of Topliss-reactive ketones (excluding diaryl/α,β-unsaturated/α-hetero) is 1. The Bertz CT molecular complexity index is 1130. The second-order valence-corrected chi connectivity index (χ2v) is 7.50. The van der Waals surface area contributed by atoms with Crippen molar-refractivity contribution in [3.8, 4) is 11.3 Å². The molecule has 0 unspecified atom stereocenters. The molecule has 5 nitrogen and oxygen atoms in total. The van der Waals surface area contributed by atoms with Gasteiger partial charge in [0.2, 0.25) is 5.78 Å². The molecule has 0 amide bonds. The van der Waals surface area contributed by atoms with E-state index < -0.39 is 4.92 Å². The van der Waals surface area contributed by atoms with Crippen molar-refractivity contribution in [2.75, 3.05) is 0 Å². The number of hydrogen-bond acceptors (Lipinski definition) is 5. The van der Waals surface area contributed by atoms with Gasteiger partial charge in [-0.1, -0.05) is 35.5 Å². The van der Waals surface area contributed by atoms with Crippen molar-refractivity contribution in [2.24, 2.45) is 0 Å². The molecule has 0 radical (unpaired) electrons. The fraction of sp³-hybridized carbons (Fsp3) is 0.0500. The summed E-state index contributed by atoms with van der Waals surface area (Å²) >= 11 is 7.51. The average Bonchev–Trinajstić information content (AvgIpc) is 3.23. The summed E-state index contributed by atoms with van der Waals surface area (Å²) in [6.45, 7) is 1.71. The number of ketones is 1. The van der Waals surface area contributed by atoms with Gasteiger partial charge in [0.25, 0.3) is 5.69 Å². The predicted octanol–water partition coefficient (Wildman–Crippen LogP) is 6.15. The Morgan fingerprint density at radius 1 is 1.15 bits per heavy atom. The van der Waals surface area contributed by atoms with Crippen molar-refractivity contribution < 1.29 is 14.1 Å². The van der Waals surface area contributed by atoms with Crippen molar-refractivity contribution >= 4 is 40.9 Å². The van der Waals surface area contributed by atoms with Crippen molar-refractivity contribution in [1.29, 1.82) is 0 Å². The minimum absolute atomic E-state index is 0.0575. The number of hydrogen-bond donors (Lipinski definition) is 0. The summed E-state index contributed by atoms with van der Waals surface area (Å²) in [6.07, 6.45) is 1.65. The Morgan fingerprint density at radius 3 is 2.67 bits per heavy atom. The summed E-state index contributed by atoms with van der Waals surface area (Å²) < 4.78 is 5.76. The number of nitro groups is 1. The number of nitro benzene ring substituents is 1. The van der Waals surface area contributed by atoms with Crippen LogP contribution in [0.15, 0.2) is 62.7 Å². The molecular weight excluding hydrogens is 386 g/mol. The summed E-state index contributed by atoms with van der Waals surface area (Å²) in [7, 11) is 0. The number of carbonyl (C=O) groups is 1. The van der Waals surface area contributed by atoms with E-state index in [4.69, 9.17) is 16.0 Å². The number of furan rings is 1. The van der Waals surface area contributed by atoms with Crippen LogP contribution in [0.1, 0.15) is 21.7 Å². The van der Waals surface area contributed by atoms with Gasteiger partial charge in [0, 0.05) is 21.5 Å². The molecule has 0 saturated heterocycles. The van der Waals surface area contributed by atoms with Gasteiger partial charge in [-0.05, 0) is 48.9 Å². The third-order valence-corrected chi connectivity index (χ3v) is 5.72. The van der Waals surface area contributed by atoms with Gasteiger partial charge in [-0.15, -0.1) is 0 Å². The van der Waals surface area contributed by atoms with Gasteiger partial charge < -0.3 is 4.42 Å². The van der Waals surface area contributed by atoms with E-state index in [0.29, 0.717) is 38.1 Å². The van der Waals surface area contributed by atoms with E-state index in [2.05, 4.69) is 0 Å². The monoisotopic (exact) mass is 397 g/mol. The maximum atomic E-state index is 12.5. The molecule has 27 heavy (non-hydrogen) atoms. The number of thioether (sulfide) groups is 1. The van der Waals surface area contributed by atoms with Gasteiger partial charge in [-0.3, -0.25) is 14.9 Å². The zero-order valence-electron chi connectivity index (χ0n) is 14.1. The fourth-order valence-corrected chi connectivity index (χ4v) is 4.05. The molecule has 0 N–H and O–H groups in total. The van der Waals surface area contributed by atoms with E-state index >= 15 is 0 Å². The number of allylic oxidation sites excluding steroid dienone is 1. The first-order chi connectivity index (χ1) is 12.9. The zero-order valence-corrected chi connectivity index (χ0v) is 15.6. The first-order valence-corrected chi connectivity index (χ1v) is 9.21. The Kier molecular flexibility index (Phi) is 4.37. The van der Waals surface area contributed by atoms with Crippen LogP contribution >= 0.6 is 23.4 Å². The molecule has 1 aromatic heterocycles. The Morgan fingerprint density at radius 2 is 1.93 bits per heavy atom. The highest BCUT2D eigenvalue weighted by atomic mass is 35.5. The summed E-state index contributed by atoms with van der Waals surface area (Å²) in [5, 5.41) is 11.8. The molecule has 2 aromatic carbocycles. The molecule has 3 aromatic rings. The highest BCUT2D eigenvalue weighted by molar-refractivity contribution is 8.04. The molecule has 0 aliphatic carbocycles. The molecule has 0 spiro atoms. The summed E-state index contributed by atoms with van der Waals surface area (Å²) in [4.78, 5) is 24.8. The molecule has 1 aliphatic rings. The molecular formula is C20H12ClNO4S. The van der Waals surface area contributed by atoms with Gasteiger partial charge in [-0.25, -0.2) is 0 Å². The van der Waals surface area contributed by atoms with Crippen LogP contribution in [0.4, 0.5) is 5.69 Å². The van der Waals surface area contributed by atoms with Crippen LogP contribution < -0.4 is 0 Å². The van der Waals surface area contributed by atoms with Crippen LogP contribution in [-0.2, 0) is 0 Å². The summed E-state index contributed by atoms with van der Waals surface area (Å²) in [6, 6.07) is 13.6. The summed E-state index contributed by atoms with van der Waals surface area (Å²) in [5.41, 5.74) is 1.51. The van der Waals surface area contributed by atoms with Crippen LogP contribution in [0.2, 0.25) is 5.02 Å². The first kappa shape index (κ1) is 17.6. The van der Waals surface area contributed by atoms with Crippen LogP contribution in [0, 0.1) is 17.0 Å². The lowest BCUT2D eigenvalue weighted by Gasteiger charge is -2.03. The third-order valence-electron chi connectivity index (χ3n) is 4.21. The molecule has 7 heteroatoms. The lowest BCUT2D eigenvalue weighted by atomic mass is 10.1. The Hall–Kier alpha value is -2.83. The number of carbonyl (C=O) groups excluding carboxylic acids is 1. The minimum atomic E-state index is -0.466. The maximum absolute atomic E-state index is 12.5. The van der Waals surface area contributed by atoms with Crippen LogP contribution in [0.5, 0.6) is 0 Å². The lowest BCUT2D eigenvalue weighted by molar-refractivity contribution is -0.384. The molecule has 0 fully saturated rings. The van der Waals surface area contributed by atoms with E-state index in [9.17, 15) is 14.9 Å². The van der Waals surface area contributed by atoms with Crippen molar-refractivity contribution in [2.45, 2.75) is 11.8 Å². The van der Waals surface area contributed by atoms with Gasteiger partial charge in [0.1, 0.15) is 11.5 Å². The average molecular weight is 398 g/mol. The minimum Gasteiger partial charge on any atom is -0.456 e. The second-order valence-electron chi connectivity index (χ2n) is 6.01. The van der Waals surface area contributed by atoms with Crippen molar-refractivity contribution in [3.63, 3.8) is 0 Å². The van der Waals surface area contributed by atoms with E-state index in [-0.39, 0.29) is 11.5 Å². The molecule has 2 heterocycles. The predicted molar refractivity (Wildman–Crippen MR) is 105 cm³/mol. The molecule has 0 saturated carbocycles. The normalized spacial score (nSPS) is 14.6. The smallest absolute Gasteiger partial charge is 0.280 e. The van der Waals surface area contributed by atoms with Crippen molar-refractivity contribution in [1.82, 2.24) is 0 Å². The van der Waals surface area contributed by atoms with Gasteiger partial charge in [0.15, 0.2) is 0 Å². The zero-order chi connectivity index (χ0) is 19.1. The number of nitrogens with zero attached hydrogens (tertiary/aromatic N) is 1. The highest BCUT2D eigenvalue weighted by Crippen LogP contribution is 2.41. The highest BCUT2D eigenvalue weighted by Gasteiger charge is 2.26. The topological polar surface area (TPSA) is 73.3 Å². The number of fused-ring (bicyclic) bond motifs is 1. The number of halogens is 1. The quantitative estimate of drug-likeness (QED) is 0.301. The fourth-order valence-electron chi connectivity index (χ4n) is 2.85. The first-order valence-electron chi connectivity index (χ1n) is 8.02. The lowest BCUT2D eigenvalue weighted by Crippen LogP contribution is -1.93. The number of aryl methyl sites for hydroxylation is 1. The Balaban J connectivity index is 1.71. The molecule has 1 aliphatic heterocycles. The number of rotatable bonds is 3. The maximum Gasteiger partial charge on any atom is 0.280 e. The number of benzene rings is 2. The summed E-state index contributed by atoms with van der Waals surface area (Å²) in [5.74, 6) is 0.709. The van der Waals surface area contributed by atoms with Gasteiger partial charge >= 0.3 is 0 Å². The largest absolute Gasteiger partial charge is 0.456 e.